The van der Waals surface area contributed by atoms with E-state index in [0.29, 0.717) is 5.59 Å². The maximum Gasteiger partial charge on any atom is 0.141 e. The smallest absolute Gasteiger partial charge is 0.141 e. The fourth-order valence-corrected chi connectivity index (χ4v) is 5.42. The maximum absolute atomic E-state index is 6.22. The molecule has 2 aromatic carbocycles. The Morgan fingerprint density at radius 3 is 2.00 bits per heavy atom. The molecule has 0 unspecified atom stereocenters. The van der Waals surface area contributed by atoms with E-state index >= 15 is 0 Å². The monoisotopic (exact) mass is 365 g/mol. The zero-order valence-electron chi connectivity index (χ0n) is 16.9. The number of benzene rings is 2. The van der Waals surface area contributed by atoms with Gasteiger partial charge in [-0.05, 0) is 84.7 Å². The van der Waals surface area contributed by atoms with Crippen LogP contribution in [0.4, 0.5) is 0 Å². The van der Waals surface area contributed by atoms with Crippen molar-refractivity contribution in [3.8, 4) is 11.3 Å². The molecule has 0 atom stereocenters. The number of hydrogen-bond acceptors (Lipinski definition) is 1. The normalized spacial score (nSPS) is 18.3. The molecular formula is C26H28BN. The van der Waals surface area contributed by atoms with Gasteiger partial charge in [0.15, 0.2) is 0 Å². The Kier molecular flexibility index (Phi) is 4.74. The summed E-state index contributed by atoms with van der Waals surface area (Å²) in [5.41, 5.74) is 7.24. The van der Waals surface area contributed by atoms with Gasteiger partial charge in [0.05, 0.1) is 5.69 Å². The highest BCUT2D eigenvalue weighted by Crippen LogP contribution is 2.41. The second-order valence-corrected chi connectivity index (χ2v) is 8.97. The molecule has 5 rings (SSSR count). The topological polar surface area (TPSA) is 12.9 Å². The predicted molar refractivity (Wildman–Crippen MR) is 120 cm³/mol. The van der Waals surface area contributed by atoms with Gasteiger partial charge in [-0.1, -0.05) is 55.5 Å². The molecule has 2 fully saturated rings. The molecule has 0 aliphatic heterocycles. The van der Waals surface area contributed by atoms with Crippen LogP contribution in [-0.4, -0.2) is 12.8 Å². The van der Waals surface area contributed by atoms with Crippen LogP contribution >= 0.6 is 0 Å². The summed E-state index contributed by atoms with van der Waals surface area (Å²) in [6.07, 6.45) is 10.8. The van der Waals surface area contributed by atoms with Crippen molar-refractivity contribution in [3.05, 3.63) is 59.2 Å². The molecular weight excluding hydrogens is 337 g/mol. The van der Waals surface area contributed by atoms with E-state index in [-0.39, 0.29) is 0 Å². The molecule has 3 aromatic rings. The van der Waals surface area contributed by atoms with Gasteiger partial charge in [0.2, 0.25) is 0 Å². The Hall–Kier alpha value is -2.09. The summed E-state index contributed by atoms with van der Waals surface area (Å²) in [7, 11) is 6.22. The number of pyridine rings is 1. The molecule has 2 heteroatoms. The lowest BCUT2D eigenvalue weighted by Gasteiger charge is -2.18. The van der Waals surface area contributed by atoms with Crippen molar-refractivity contribution in [2.24, 2.45) is 0 Å². The van der Waals surface area contributed by atoms with E-state index in [1.807, 2.05) is 6.07 Å². The van der Waals surface area contributed by atoms with Crippen LogP contribution < -0.4 is 5.59 Å². The standard InChI is InChI=1S/C26H28BN/c1-17-10-11-24-22(12-17)16-25(27)28-26(24)23-14-20(18-6-2-3-7-18)13-21(15-23)19-8-4-5-9-19/h10-16,18-19H,2-9H2,1H3. The minimum atomic E-state index is 0.613. The Morgan fingerprint density at radius 1 is 0.786 bits per heavy atom. The molecule has 28 heavy (non-hydrogen) atoms. The molecule has 1 aromatic heterocycles. The van der Waals surface area contributed by atoms with Crippen LogP contribution in [0.5, 0.6) is 0 Å². The van der Waals surface area contributed by atoms with Gasteiger partial charge >= 0.3 is 0 Å². The molecule has 0 saturated heterocycles. The Bertz CT molecular complexity index is 971. The number of hydrogen-bond donors (Lipinski definition) is 0. The molecule has 1 heterocycles. The first-order valence-corrected chi connectivity index (χ1v) is 11.0. The molecule has 140 valence electrons. The largest absolute Gasteiger partial charge is 0.264 e. The van der Waals surface area contributed by atoms with Crippen LogP contribution in [0.15, 0.2) is 42.5 Å². The van der Waals surface area contributed by atoms with Crippen LogP contribution in [0.3, 0.4) is 0 Å². The Labute approximate surface area is 170 Å². The molecule has 0 spiro atoms. The lowest BCUT2D eigenvalue weighted by molar-refractivity contribution is 0.701. The average Bonchev–Trinajstić information content (AvgIpc) is 3.40. The third kappa shape index (κ3) is 3.38. The fraction of sp³-hybridized carbons (Fsp3) is 0.423. The molecule has 2 radical (unpaired) electrons. The molecule has 1 nitrogen and oxygen atoms in total. The molecule has 0 bridgehead atoms. The first-order chi connectivity index (χ1) is 13.7. The summed E-state index contributed by atoms with van der Waals surface area (Å²) in [5, 5.41) is 2.40. The number of nitrogens with zero attached hydrogens (tertiary/aromatic N) is 1. The number of aromatic nitrogens is 1. The van der Waals surface area contributed by atoms with Gasteiger partial charge in [0, 0.05) is 10.9 Å². The molecule has 2 aliphatic rings. The van der Waals surface area contributed by atoms with Crippen LogP contribution in [-0.2, 0) is 0 Å². The molecule has 0 N–H and O–H groups in total. The lowest BCUT2D eigenvalue weighted by atomic mass is 9.87. The van der Waals surface area contributed by atoms with Crippen molar-refractivity contribution in [2.45, 2.75) is 70.1 Å². The summed E-state index contributed by atoms with van der Waals surface area (Å²) < 4.78 is 0. The van der Waals surface area contributed by atoms with Crippen molar-refractivity contribution >= 4 is 24.2 Å². The quantitative estimate of drug-likeness (QED) is 0.495. The first-order valence-electron chi connectivity index (χ1n) is 11.0. The third-order valence-electron chi connectivity index (χ3n) is 6.91. The first kappa shape index (κ1) is 18.0. The summed E-state index contributed by atoms with van der Waals surface area (Å²) >= 11 is 0. The van der Waals surface area contributed by atoms with E-state index in [1.54, 1.807) is 0 Å². The highest BCUT2D eigenvalue weighted by atomic mass is 14.7. The number of rotatable bonds is 3. The SMILES string of the molecule is [B]c1cc2cc(C)ccc2c(-c2cc(C3CCCC3)cc(C3CCCC3)c2)n1. The van der Waals surface area contributed by atoms with Crippen LogP contribution in [0.1, 0.15) is 79.9 Å². The maximum atomic E-state index is 6.22. The van der Waals surface area contributed by atoms with E-state index in [4.69, 9.17) is 12.8 Å². The minimum Gasteiger partial charge on any atom is -0.264 e. The number of fused-ring (bicyclic) bond motifs is 1. The van der Waals surface area contributed by atoms with Gasteiger partial charge in [-0.25, -0.2) is 0 Å². The van der Waals surface area contributed by atoms with Gasteiger partial charge in [0.1, 0.15) is 7.85 Å². The van der Waals surface area contributed by atoms with E-state index in [0.717, 1.165) is 17.5 Å². The highest BCUT2D eigenvalue weighted by molar-refractivity contribution is 6.32. The van der Waals surface area contributed by atoms with Crippen molar-refractivity contribution in [3.63, 3.8) is 0 Å². The van der Waals surface area contributed by atoms with Gasteiger partial charge in [-0.2, -0.15) is 0 Å². The summed E-state index contributed by atoms with van der Waals surface area (Å²) in [4.78, 5) is 4.81. The van der Waals surface area contributed by atoms with Gasteiger partial charge in [-0.3, -0.25) is 4.98 Å². The molecule has 2 saturated carbocycles. The molecule has 0 amide bonds. The van der Waals surface area contributed by atoms with E-state index < -0.39 is 0 Å². The van der Waals surface area contributed by atoms with E-state index in [2.05, 4.69) is 43.3 Å². The van der Waals surface area contributed by atoms with Gasteiger partial charge in [0.25, 0.3) is 0 Å². The lowest BCUT2D eigenvalue weighted by Crippen LogP contribution is -2.09. The second-order valence-electron chi connectivity index (χ2n) is 8.97. The second kappa shape index (κ2) is 7.39. The highest BCUT2D eigenvalue weighted by Gasteiger charge is 2.23. The zero-order valence-corrected chi connectivity index (χ0v) is 16.9. The van der Waals surface area contributed by atoms with Crippen molar-refractivity contribution in [1.82, 2.24) is 4.98 Å². The van der Waals surface area contributed by atoms with Crippen molar-refractivity contribution in [1.29, 1.82) is 0 Å². The minimum absolute atomic E-state index is 0.613. The van der Waals surface area contributed by atoms with Crippen molar-refractivity contribution < 1.29 is 0 Å². The Balaban J connectivity index is 1.69. The summed E-state index contributed by atoms with van der Waals surface area (Å²) in [6.45, 7) is 2.13. The van der Waals surface area contributed by atoms with Gasteiger partial charge in [-0.15, -0.1) is 0 Å². The summed E-state index contributed by atoms with van der Waals surface area (Å²) in [5.74, 6) is 1.43. The van der Waals surface area contributed by atoms with E-state index in [1.165, 1.54) is 84.4 Å². The zero-order chi connectivity index (χ0) is 19.1. The fourth-order valence-electron chi connectivity index (χ4n) is 5.42. The van der Waals surface area contributed by atoms with Gasteiger partial charge < -0.3 is 0 Å². The number of aryl methyl sites for hydroxylation is 1. The summed E-state index contributed by atoms with van der Waals surface area (Å²) in [6, 6.07) is 16.0. The van der Waals surface area contributed by atoms with Crippen LogP contribution in [0, 0.1) is 6.92 Å². The average molecular weight is 365 g/mol. The molecule has 2 aliphatic carbocycles. The Morgan fingerprint density at radius 2 is 1.39 bits per heavy atom. The van der Waals surface area contributed by atoms with Crippen LogP contribution in [0.2, 0.25) is 0 Å². The third-order valence-corrected chi connectivity index (χ3v) is 6.91. The van der Waals surface area contributed by atoms with Crippen molar-refractivity contribution in [2.75, 3.05) is 0 Å². The van der Waals surface area contributed by atoms with E-state index in [9.17, 15) is 0 Å². The van der Waals surface area contributed by atoms with Crippen LogP contribution in [0.25, 0.3) is 22.0 Å². The predicted octanol–water partition coefficient (Wildman–Crippen LogP) is 6.32.